The molecule has 22 heavy (non-hydrogen) atoms. The van der Waals surface area contributed by atoms with E-state index in [0.717, 1.165) is 18.9 Å². The molecule has 3 heteroatoms. The van der Waals surface area contributed by atoms with Gasteiger partial charge in [-0.15, -0.1) is 0 Å². The highest BCUT2D eigenvalue weighted by Crippen LogP contribution is 2.06. The first kappa shape index (κ1) is 19.7. The molecular formula is C19H24O3. The van der Waals surface area contributed by atoms with Crippen molar-refractivity contribution in [1.29, 1.82) is 0 Å². The van der Waals surface area contributed by atoms with Gasteiger partial charge in [0.2, 0.25) is 5.78 Å². The molecule has 0 aromatic rings. The van der Waals surface area contributed by atoms with Crippen LogP contribution in [0, 0.1) is 23.7 Å². The molecule has 0 aliphatic heterocycles. The summed E-state index contributed by atoms with van der Waals surface area (Å²) < 4.78 is 5.06. The Hall–Kier alpha value is -2.26. The first-order valence-corrected chi connectivity index (χ1v) is 7.62. The van der Waals surface area contributed by atoms with Crippen LogP contribution in [0.15, 0.2) is 24.8 Å². The van der Waals surface area contributed by atoms with Crippen molar-refractivity contribution in [3.63, 3.8) is 0 Å². The molecule has 0 N–H and O–H groups in total. The lowest BCUT2D eigenvalue weighted by Crippen LogP contribution is -2.11. The number of carbonyl (C=O) groups is 2. The maximum Gasteiger partial charge on any atom is 0.304 e. The van der Waals surface area contributed by atoms with E-state index in [1.807, 2.05) is 6.08 Å². The second kappa shape index (κ2) is 13.7. The van der Waals surface area contributed by atoms with E-state index in [1.54, 1.807) is 6.08 Å². The molecule has 1 unspecified atom stereocenters. The molecule has 0 aromatic heterocycles. The van der Waals surface area contributed by atoms with Crippen LogP contribution in [-0.4, -0.2) is 17.9 Å². The molecule has 0 spiro atoms. The normalized spacial score (nSPS) is 10.8. The minimum absolute atomic E-state index is 0.388. The number of rotatable bonds is 9. The monoisotopic (exact) mass is 300 g/mol. The van der Waals surface area contributed by atoms with Gasteiger partial charge in [-0.2, -0.15) is 0 Å². The Bertz CT molecular complexity index is 506. The number of ether oxygens (including phenoxy) is 1. The van der Waals surface area contributed by atoms with Gasteiger partial charge in [-0.1, -0.05) is 45.3 Å². The van der Waals surface area contributed by atoms with Crippen LogP contribution in [0.25, 0.3) is 0 Å². The molecule has 0 amide bonds. The lowest BCUT2D eigenvalue weighted by atomic mass is 10.1. The second-order valence-corrected chi connectivity index (χ2v) is 4.75. The SMILES string of the molecule is C=CC(=O)C#CC#CC(C=CCCCCCCC)OC(C)=O. The molecule has 0 heterocycles. The Labute approximate surface area is 133 Å². The minimum Gasteiger partial charge on any atom is -0.445 e. The number of hydrogen-bond donors (Lipinski definition) is 0. The molecule has 0 radical (unpaired) electrons. The van der Waals surface area contributed by atoms with E-state index in [2.05, 4.69) is 37.2 Å². The van der Waals surface area contributed by atoms with Crippen molar-refractivity contribution in [3.8, 4) is 23.7 Å². The van der Waals surface area contributed by atoms with E-state index in [4.69, 9.17) is 4.74 Å². The zero-order valence-electron chi connectivity index (χ0n) is 13.5. The summed E-state index contributed by atoms with van der Waals surface area (Å²) in [5.74, 6) is 9.13. The largest absolute Gasteiger partial charge is 0.445 e. The van der Waals surface area contributed by atoms with Crippen LogP contribution in [0.4, 0.5) is 0 Å². The molecule has 0 bridgehead atoms. The van der Waals surface area contributed by atoms with Crippen LogP contribution in [0.5, 0.6) is 0 Å². The summed E-state index contributed by atoms with van der Waals surface area (Å²) in [6.07, 6.45) is 11.2. The fourth-order valence-electron chi connectivity index (χ4n) is 1.63. The minimum atomic E-state index is -0.624. The Morgan fingerprint density at radius 1 is 1.18 bits per heavy atom. The van der Waals surface area contributed by atoms with Gasteiger partial charge in [0.15, 0.2) is 6.10 Å². The maximum absolute atomic E-state index is 11.0. The summed E-state index contributed by atoms with van der Waals surface area (Å²) in [6, 6.07) is 0. The molecular weight excluding hydrogens is 276 g/mol. The molecule has 0 saturated carbocycles. The summed E-state index contributed by atoms with van der Waals surface area (Å²) in [5, 5.41) is 0. The summed E-state index contributed by atoms with van der Waals surface area (Å²) in [6.45, 7) is 6.83. The predicted octanol–water partition coefficient (Wildman–Crippen LogP) is 3.60. The van der Waals surface area contributed by atoms with Gasteiger partial charge >= 0.3 is 5.97 Å². The third-order valence-electron chi connectivity index (χ3n) is 2.73. The van der Waals surface area contributed by atoms with Gasteiger partial charge in [0.05, 0.1) is 0 Å². The summed E-state index contributed by atoms with van der Waals surface area (Å²) in [7, 11) is 0. The van der Waals surface area contributed by atoms with Crippen LogP contribution >= 0.6 is 0 Å². The average molecular weight is 300 g/mol. The zero-order valence-corrected chi connectivity index (χ0v) is 13.5. The summed E-state index contributed by atoms with van der Waals surface area (Å²) in [4.78, 5) is 21.9. The third-order valence-corrected chi connectivity index (χ3v) is 2.73. The molecule has 0 aliphatic carbocycles. The maximum atomic E-state index is 11.0. The highest BCUT2D eigenvalue weighted by Gasteiger charge is 2.02. The van der Waals surface area contributed by atoms with Gasteiger partial charge in [0.1, 0.15) is 0 Å². The highest BCUT2D eigenvalue weighted by atomic mass is 16.5. The lowest BCUT2D eigenvalue weighted by Gasteiger charge is -2.05. The van der Waals surface area contributed by atoms with Crippen LogP contribution in [-0.2, 0) is 14.3 Å². The number of carbonyl (C=O) groups excluding carboxylic acids is 2. The number of esters is 1. The Balaban J connectivity index is 4.36. The highest BCUT2D eigenvalue weighted by molar-refractivity contribution is 6.04. The molecule has 0 fully saturated rings. The molecule has 0 saturated heterocycles. The van der Waals surface area contributed by atoms with E-state index in [9.17, 15) is 9.59 Å². The average Bonchev–Trinajstić information content (AvgIpc) is 2.49. The van der Waals surface area contributed by atoms with Crippen LogP contribution in [0.1, 0.15) is 52.4 Å². The van der Waals surface area contributed by atoms with E-state index in [0.29, 0.717) is 0 Å². The van der Waals surface area contributed by atoms with Gasteiger partial charge in [-0.05, 0) is 48.7 Å². The topological polar surface area (TPSA) is 43.4 Å². The number of unbranched alkanes of at least 4 members (excludes halogenated alkanes) is 5. The summed E-state index contributed by atoms with van der Waals surface area (Å²) >= 11 is 0. The predicted molar refractivity (Wildman–Crippen MR) is 88.8 cm³/mol. The molecule has 3 nitrogen and oxygen atoms in total. The zero-order chi connectivity index (χ0) is 16.6. The molecule has 0 aliphatic rings. The number of allylic oxidation sites excluding steroid dienone is 2. The first-order chi connectivity index (χ1) is 10.6. The van der Waals surface area contributed by atoms with Crippen molar-refractivity contribution >= 4 is 11.8 Å². The van der Waals surface area contributed by atoms with Crippen molar-refractivity contribution in [2.45, 2.75) is 58.5 Å². The first-order valence-electron chi connectivity index (χ1n) is 7.62. The number of hydrogen-bond acceptors (Lipinski definition) is 3. The Kier molecular flexibility index (Phi) is 12.3. The lowest BCUT2D eigenvalue weighted by molar-refractivity contribution is -0.142. The second-order valence-electron chi connectivity index (χ2n) is 4.75. The van der Waals surface area contributed by atoms with Crippen molar-refractivity contribution in [1.82, 2.24) is 0 Å². The van der Waals surface area contributed by atoms with Crippen molar-refractivity contribution < 1.29 is 14.3 Å². The van der Waals surface area contributed by atoms with E-state index in [-0.39, 0.29) is 5.78 Å². The fourth-order valence-corrected chi connectivity index (χ4v) is 1.63. The van der Waals surface area contributed by atoms with Crippen LogP contribution in [0.2, 0.25) is 0 Å². The molecule has 0 rings (SSSR count). The van der Waals surface area contributed by atoms with E-state index >= 15 is 0 Å². The molecule has 118 valence electrons. The molecule has 0 aromatic carbocycles. The third kappa shape index (κ3) is 12.8. The fraction of sp³-hybridized carbons (Fsp3) is 0.474. The van der Waals surface area contributed by atoms with E-state index < -0.39 is 12.1 Å². The van der Waals surface area contributed by atoms with Crippen molar-refractivity contribution in [2.24, 2.45) is 0 Å². The number of ketones is 1. The van der Waals surface area contributed by atoms with E-state index in [1.165, 1.54) is 32.6 Å². The van der Waals surface area contributed by atoms with Gasteiger partial charge < -0.3 is 4.74 Å². The Morgan fingerprint density at radius 3 is 2.55 bits per heavy atom. The summed E-state index contributed by atoms with van der Waals surface area (Å²) in [5.41, 5.74) is 0. The quantitative estimate of drug-likeness (QED) is 0.163. The Morgan fingerprint density at radius 2 is 1.91 bits per heavy atom. The smallest absolute Gasteiger partial charge is 0.304 e. The van der Waals surface area contributed by atoms with Gasteiger partial charge in [-0.25, -0.2) is 0 Å². The molecule has 1 atom stereocenters. The van der Waals surface area contributed by atoms with Gasteiger partial charge in [-0.3, -0.25) is 9.59 Å². The van der Waals surface area contributed by atoms with Gasteiger partial charge in [0, 0.05) is 6.92 Å². The van der Waals surface area contributed by atoms with Crippen LogP contribution in [0.3, 0.4) is 0 Å². The standard InChI is InChI=1S/C19H24O3/c1-4-6-7-8-9-10-11-15-19(22-17(3)20)16-13-12-14-18(21)5-2/h5,11,15,19H,2,4,6-10H2,1,3H3. The van der Waals surface area contributed by atoms with Crippen molar-refractivity contribution in [3.05, 3.63) is 24.8 Å². The van der Waals surface area contributed by atoms with Crippen molar-refractivity contribution in [2.75, 3.05) is 0 Å². The van der Waals surface area contributed by atoms with Gasteiger partial charge in [0.25, 0.3) is 0 Å². The van der Waals surface area contributed by atoms with Crippen LogP contribution < -0.4 is 0 Å².